The molecule has 0 aliphatic heterocycles. The third-order valence-electron chi connectivity index (χ3n) is 8.22. The molecule has 4 rings (SSSR count). The summed E-state index contributed by atoms with van der Waals surface area (Å²) in [5.74, 6) is 2.20. The van der Waals surface area contributed by atoms with Crippen LogP contribution < -0.4 is 0 Å². The van der Waals surface area contributed by atoms with Crippen LogP contribution in [-0.4, -0.2) is 28.7 Å². The predicted molar refractivity (Wildman–Crippen MR) is 88.7 cm³/mol. The highest BCUT2D eigenvalue weighted by atomic mass is 16.3. The smallest absolute Gasteiger partial charge is 0.155 e. The molecule has 4 aliphatic carbocycles. The van der Waals surface area contributed by atoms with Gasteiger partial charge in [-0.2, -0.15) is 0 Å². The van der Waals surface area contributed by atoms with Gasteiger partial charge in [0.15, 0.2) is 5.78 Å². The fourth-order valence-electron chi connectivity index (χ4n) is 7.11. The molecule has 3 heteroatoms. The van der Waals surface area contributed by atoms with E-state index in [0.717, 1.165) is 38.5 Å². The Morgan fingerprint density at radius 1 is 1.22 bits per heavy atom. The van der Waals surface area contributed by atoms with Crippen molar-refractivity contribution in [2.75, 3.05) is 6.61 Å². The van der Waals surface area contributed by atoms with Crippen LogP contribution in [0.4, 0.5) is 0 Å². The Morgan fingerprint density at radius 3 is 2.74 bits per heavy atom. The van der Waals surface area contributed by atoms with Crippen molar-refractivity contribution in [3.05, 3.63) is 11.6 Å². The van der Waals surface area contributed by atoms with Crippen molar-refractivity contribution in [3.8, 4) is 0 Å². The van der Waals surface area contributed by atoms with Crippen molar-refractivity contribution in [1.82, 2.24) is 0 Å². The van der Waals surface area contributed by atoms with E-state index in [1.165, 1.54) is 5.57 Å². The summed E-state index contributed by atoms with van der Waals surface area (Å²) in [6.45, 7) is 4.82. The van der Waals surface area contributed by atoms with Crippen LogP contribution in [0.15, 0.2) is 11.6 Å². The van der Waals surface area contributed by atoms with Crippen LogP contribution in [0.5, 0.6) is 0 Å². The fraction of sp³-hybridized carbons (Fsp3) is 0.850. The molecule has 0 aromatic heterocycles. The van der Waals surface area contributed by atoms with Crippen LogP contribution in [0.1, 0.15) is 58.8 Å². The van der Waals surface area contributed by atoms with E-state index in [1.54, 1.807) is 0 Å². The molecular weight excluding hydrogens is 288 g/mol. The summed E-state index contributed by atoms with van der Waals surface area (Å²) in [7, 11) is 0. The summed E-state index contributed by atoms with van der Waals surface area (Å²) in [5, 5.41) is 20.7. The number of ketones is 1. The van der Waals surface area contributed by atoms with Gasteiger partial charge in [0, 0.05) is 13.0 Å². The van der Waals surface area contributed by atoms with Crippen LogP contribution >= 0.6 is 0 Å². The predicted octanol–water partition coefficient (Wildman–Crippen LogP) is 3.10. The zero-order chi connectivity index (χ0) is 16.4. The average Bonchev–Trinajstić information content (AvgIpc) is 2.82. The Kier molecular flexibility index (Phi) is 3.55. The molecule has 0 spiro atoms. The van der Waals surface area contributed by atoms with Gasteiger partial charge in [-0.15, -0.1) is 0 Å². The van der Waals surface area contributed by atoms with Gasteiger partial charge < -0.3 is 10.2 Å². The molecule has 0 amide bonds. The van der Waals surface area contributed by atoms with Gasteiger partial charge >= 0.3 is 0 Å². The molecule has 3 unspecified atom stereocenters. The minimum atomic E-state index is -0.208. The summed E-state index contributed by atoms with van der Waals surface area (Å²) in [6, 6.07) is 0. The second-order valence-corrected chi connectivity index (χ2v) is 9.13. The number of allylic oxidation sites excluding steroid dienone is 1. The van der Waals surface area contributed by atoms with E-state index < -0.39 is 0 Å². The molecule has 3 nitrogen and oxygen atoms in total. The normalized spacial score (nSPS) is 52.4. The zero-order valence-corrected chi connectivity index (χ0v) is 14.4. The summed E-state index contributed by atoms with van der Waals surface area (Å²) < 4.78 is 0. The molecule has 0 bridgehead atoms. The van der Waals surface area contributed by atoms with Crippen LogP contribution in [0, 0.1) is 34.5 Å². The van der Waals surface area contributed by atoms with Crippen molar-refractivity contribution in [1.29, 1.82) is 0 Å². The summed E-state index contributed by atoms with van der Waals surface area (Å²) in [5.41, 5.74) is 1.41. The second-order valence-electron chi connectivity index (χ2n) is 9.13. The van der Waals surface area contributed by atoms with Gasteiger partial charge in [-0.3, -0.25) is 4.79 Å². The van der Waals surface area contributed by atoms with Crippen molar-refractivity contribution in [3.63, 3.8) is 0 Å². The number of carbonyl (C=O) groups excluding carboxylic acids is 1. The highest BCUT2D eigenvalue weighted by molar-refractivity contribution is 5.91. The third kappa shape index (κ3) is 2.05. The quantitative estimate of drug-likeness (QED) is 0.781. The molecule has 3 fully saturated rings. The first-order valence-corrected chi connectivity index (χ1v) is 9.43. The van der Waals surface area contributed by atoms with Crippen LogP contribution in [0.25, 0.3) is 0 Å². The topological polar surface area (TPSA) is 57.5 Å². The number of aliphatic hydroxyl groups excluding tert-OH is 2. The SMILES string of the molecule is C[C@]12CCC(=O)C=C1CCC1C2[C@@H](CO)C[C@@]2(C)C1CC[C@@H]2O. The van der Waals surface area contributed by atoms with Gasteiger partial charge in [-0.25, -0.2) is 0 Å². The van der Waals surface area contributed by atoms with Gasteiger partial charge in [0.1, 0.15) is 0 Å². The van der Waals surface area contributed by atoms with E-state index in [0.29, 0.717) is 24.2 Å². The first-order chi connectivity index (χ1) is 10.9. The monoisotopic (exact) mass is 318 g/mol. The van der Waals surface area contributed by atoms with E-state index in [4.69, 9.17) is 0 Å². The van der Waals surface area contributed by atoms with Crippen molar-refractivity contribution >= 4 is 5.78 Å². The fourth-order valence-corrected chi connectivity index (χ4v) is 7.11. The lowest BCUT2D eigenvalue weighted by molar-refractivity contribution is -0.126. The number of aliphatic hydroxyl groups is 2. The zero-order valence-electron chi connectivity index (χ0n) is 14.4. The highest BCUT2D eigenvalue weighted by Gasteiger charge is 2.61. The van der Waals surface area contributed by atoms with Gasteiger partial charge in [0.05, 0.1) is 6.10 Å². The van der Waals surface area contributed by atoms with E-state index in [9.17, 15) is 15.0 Å². The molecule has 0 aromatic carbocycles. The third-order valence-corrected chi connectivity index (χ3v) is 8.22. The Labute approximate surface area is 139 Å². The maximum Gasteiger partial charge on any atom is 0.155 e. The van der Waals surface area contributed by atoms with Crippen LogP contribution in [-0.2, 0) is 4.79 Å². The summed E-state index contributed by atoms with van der Waals surface area (Å²) >= 11 is 0. The number of hydrogen-bond donors (Lipinski definition) is 2. The standard InChI is InChI=1S/C20H30O3/c1-19-8-7-14(22)9-13(19)3-4-15-16-5-6-17(23)20(16,2)10-12(11-21)18(15)19/h9,12,15-18,21,23H,3-8,10-11H2,1-2H3/t12-,15?,16?,17+,18?,19+,20+/m1/s1. The lowest BCUT2D eigenvalue weighted by Crippen LogP contribution is -2.55. The molecule has 7 atom stereocenters. The molecule has 0 aromatic rings. The largest absolute Gasteiger partial charge is 0.396 e. The van der Waals surface area contributed by atoms with E-state index >= 15 is 0 Å². The number of fused-ring (bicyclic) bond motifs is 5. The van der Waals surface area contributed by atoms with E-state index in [1.807, 2.05) is 6.08 Å². The number of rotatable bonds is 1. The van der Waals surface area contributed by atoms with Crippen molar-refractivity contribution < 1.29 is 15.0 Å². The maximum atomic E-state index is 11.9. The highest BCUT2D eigenvalue weighted by Crippen LogP contribution is 2.66. The Bertz CT molecular complexity index is 553. The minimum Gasteiger partial charge on any atom is -0.396 e. The lowest BCUT2D eigenvalue weighted by atomic mass is 9.44. The summed E-state index contributed by atoms with van der Waals surface area (Å²) in [4.78, 5) is 11.9. The van der Waals surface area contributed by atoms with Gasteiger partial charge in [0.25, 0.3) is 0 Å². The molecule has 0 saturated heterocycles. The van der Waals surface area contributed by atoms with Gasteiger partial charge in [-0.05, 0) is 79.1 Å². The first-order valence-electron chi connectivity index (χ1n) is 9.43. The molecular formula is C20H30O3. The lowest BCUT2D eigenvalue weighted by Gasteiger charge is -2.60. The van der Waals surface area contributed by atoms with E-state index in [-0.39, 0.29) is 35.2 Å². The molecule has 2 N–H and O–H groups in total. The second kappa shape index (κ2) is 5.16. The van der Waals surface area contributed by atoms with Crippen LogP contribution in [0.3, 0.4) is 0 Å². The van der Waals surface area contributed by atoms with Crippen LogP contribution in [0.2, 0.25) is 0 Å². The number of carbonyl (C=O) groups is 1. The van der Waals surface area contributed by atoms with Crippen molar-refractivity contribution in [2.45, 2.75) is 64.9 Å². The molecule has 4 aliphatic rings. The maximum absolute atomic E-state index is 11.9. The molecule has 0 heterocycles. The molecule has 23 heavy (non-hydrogen) atoms. The molecule has 0 radical (unpaired) electrons. The van der Waals surface area contributed by atoms with Crippen molar-refractivity contribution in [2.24, 2.45) is 34.5 Å². The van der Waals surface area contributed by atoms with Gasteiger partial charge in [-0.1, -0.05) is 19.4 Å². The average molecular weight is 318 g/mol. The van der Waals surface area contributed by atoms with Gasteiger partial charge in [0.2, 0.25) is 0 Å². The molecule has 3 saturated carbocycles. The Hall–Kier alpha value is -0.670. The first kappa shape index (κ1) is 15.8. The summed E-state index contributed by atoms with van der Waals surface area (Å²) in [6.07, 6.45) is 8.46. The number of hydrogen-bond acceptors (Lipinski definition) is 3. The molecule has 128 valence electrons. The van der Waals surface area contributed by atoms with E-state index in [2.05, 4.69) is 13.8 Å². The Balaban J connectivity index is 1.76. The Morgan fingerprint density at radius 2 is 2.00 bits per heavy atom. The minimum absolute atomic E-state index is 0.0172.